The van der Waals surface area contributed by atoms with Gasteiger partial charge >= 0.3 is 0 Å². The zero-order valence-electron chi connectivity index (χ0n) is 14.9. The van der Waals surface area contributed by atoms with Gasteiger partial charge in [0.1, 0.15) is 11.6 Å². The minimum Gasteiger partial charge on any atom is -0.497 e. The number of halogens is 1. The van der Waals surface area contributed by atoms with E-state index in [2.05, 4.69) is 5.32 Å². The van der Waals surface area contributed by atoms with Crippen LogP contribution < -0.4 is 10.1 Å². The Bertz CT molecular complexity index is 921. The van der Waals surface area contributed by atoms with E-state index in [1.807, 2.05) is 54.6 Å². The normalized spacial score (nSPS) is 11.9. The summed E-state index contributed by atoms with van der Waals surface area (Å²) in [5, 5.41) is 3.01. The fourth-order valence-corrected chi connectivity index (χ4v) is 2.77. The van der Waals surface area contributed by atoms with E-state index < -0.39 is 0 Å². The highest BCUT2D eigenvalue weighted by atomic mass is 19.1. The maximum Gasteiger partial charge on any atom is 0.244 e. The lowest BCUT2D eigenvalue weighted by molar-refractivity contribution is -0.116. The van der Waals surface area contributed by atoms with Gasteiger partial charge in [-0.05, 0) is 47.0 Å². The van der Waals surface area contributed by atoms with Crippen LogP contribution in [0.3, 0.4) is 0 Å². The topological polar surface area (TPSA) is 38.3 Å². The SMILES string of the molecule is COc1ccc([C@H](NC(=O)/C=C/c2cccc(F)c2)c2ccccc2)cc1. The molecule has 3 aromatic carbocycles. The van der Waals surface area contributed by atoms with Crippen LogP contribution in [-0.4, -0.2) is 13.0 Å². The van der Waals surface area contributed by atoms with Crippen molar-refractivity contribution in [2.24, 2.45) is 0 Å². The second kappa shape index (κ2) is 8.81. The molecule has 0 saturated carbocycles. The lowest BCUT2D eigenvalue weighted by Crippen LogP contribution is -2.27. The first-order chi connectivity index (χ1) is 13.2. The van der Waals surface area contributed by atoms with E-state index in [0.29, 0.717) is 5.56 Å². The first kappa shape index (κ1) is 18.4. The molecule has 0 radical (unpaired) electrons. The van der Waals surface area contributed by atoms with E-state index in [0.717, 1.165) is 16.9 Å². The summed E-state index contributed by atoms with van der Waals surface area (Å²) in [6, 6.07) is 23.1. The van der Waals surface area contributed by atoms with Crippen molar-refractivity contribution in [3.8, 4) is 5.75 Å². The molecule has 3 rings (SSSR count). The Morgan fingerprint density at radius 1 is 0.963 bits per heavy atom. The summed E-state index contributed by atoms with van der Waals surface area (Å²) in [7, 11) is 1.61. The minimum atomic E-state index is -0.335. The number of ether oxygens (including phenoxy) is 1. The molecule has 3 aromatic rings. The third kappa shape index (κ3) is 5.05. The molecule has 0 heterocycles. The Kier molecular flexibility index (Phi) is 6.00. The zero-order valence-corrected chi connectivity index (χ0v) is 14.9. The Balaban J connectivity index is 1.81. The summed E-state index contributed by atoms with van der Waals surface area (Å²) in [6.45, 7) is 0. The van der Waals surface area contributed by atoms with Crippen LogP contribution in [0.1, 0.15) is 22.7 Å². The van der Waals surface area contributed by atoms with Gasteiger partial charge < -0.3 is 10.1 Å². The molecule has 136 valence electrons. The van der Waals surface area contributed by atoms with Crippen molar-refractivity contribution in [1.29, 1.82) is 0 Å². The van der Waals surface area contributed by atoms with E-state index in [-0.39, 0.29) is 17.8 Å². The average molecular weight is 361 g/mol. The predicted molar refractivity (Wildman–Crippen MR) is 105 cm³/mol. The van der Waals surface area contributed by atoms with E-state index in [1.54, 1.807) is 25.3 Å². The number of carbonyl (C=O) groups excluding carboxylic acids is 1. The van der Waals surface area contributed by atoms with Gasteiger partial charge in [0, 0.05) is 6.08 Å². The van der Waals surface area contributed by atoms with Crippen LogP contribution in [0.15, 0.2) is 84.9 Å². The van der Waals surface area contributed by atoms with Gasteiger partial charge in [-0.15, -0.1) is 0 Å². The van der Waals surface area contributed by atoms with Gasteiger partial charge in [-0.1, -0.05) is 54.6 Å². The van der Waals surface area contributed by atoms with Gasteiger partial charge in [-0.2, -0.15) is 0 Å². The molecular weight excluding hydrogens is 341 g/mol. The Morgan fingerprint density at radius 2 is 1.67 bits per heavy atom. The quantitative estimate of drug-likeness (QED) is 0.643. The molecule has 0 unspecified atom stereocenters. The molecule has 0 fully saturated rings. The van der Waals surface area contributed by atoms with E-state index in [4.69, 9.17) is 4.74 Å². The predicted octanol–water partition coefficient (Wildman–Crippen LogP) is 4.75. The molecule has 0 aliphatic carbocycles. The summed E-state index contributed by atoms with van der Waals surface area (Å²) >= 11 is 0. The van der Waals surface area contributed by atoms with Gasteiger partial charge in [0.2, 0.25) is 5.91 Å². The maximum atomic E-state index is 13.3. The first-order valence-electron chi connectivity index (χ1n) is 8.59. The number of nitrogens with one attached hydrogen (secondary N) is 1. The molecule has 3 nitrogen and oxygen atoms in total. The van der Waals surface area contributed by atoms with Crippen LogP contribution in [0.25, 0.3) is 6.08 Å². The van der Waals surface area contributed by atoms with Crippen LogP contribution >= 0.6 is 0 Å². The summed E-state index contributed by atoms with van der Waals surface area (Å²) in [5.74, 6) is 0.157. The van der Waals surface area contributed by atoms with Gasteiger partial charge in [0.25, 0.3) is 0 Å². The van der Waals surface area contributed by atoms with Gasteiger partial charge in [0.05, 0.1) is 13.2 Å². The van der Waals surface area contributed by atoms with Crippen molar-refractivity contribution < 1.29 is 13.9 Å². The highest BCUT2D eigenvalue weighted by Crippen LogP contribution is 2.24. The second-order valence-corrected chi connectivity index (χ2v) is 6.01. The smallest absolute Gasteiger partial charge is 0.244 e. The Morgan fingerprint density at radius 3 is 2.33 bits per heavy atom. The van der Waals surface area contributed by atoms with Crippen LogP contribution in [0.2, 0.25) is 0 Å². The van der Waals surface area contributed by atoms with Gasteiger partial charge in [-0.25, -0.2) is 4.39 Å². The van der Waals surface area contributed by atoms with Crippen LogP contribution in [-0.2, 0) is 4.79 Å². The largest absolute Gasteiger partial charge is 0.497 e. The molecular formula is C23H20FNO2. The van der Waals surface area contributed by atoms with Crippen LogP contribution in [0, 0.1) is 5.82 Å². The standard InChI is InChI=1S/C23H20FNO2/c1-27-21-13-11-19(12-14-21)23(18-7-3-2-4-8-18)25-22(26)15-10-17-6-5-9-20(24)16-17/h2-16,23H,1H3,(H,25,26)/b15-10+/t23-/m1/s1. The molecule has 0 aliphatic rings. The number of rotatable bonds is 6. The molecule has 0 spiro atoms. The molecule has 0 aliphatic heterocycles. The van der Waals surface area contributed by atoms with E-state index in [1.165, 1.54) is 18.2 Å². The van der Waals surface area contributed by atoms with Crippen molar-refractivity contribution in [2.75, 3.05) is 7.11 Å². The van der Waals surface area contributed by atoms with Crippen molar-refractivity contribution in [2.45, 2.75) is 6.04 Å². The lowest BCUT2D eigenvalue weighted by atomic mass is 9.98. The highest BCUT2D eigenvalue weighted by Gasteiger charge is 2.15. The average Bonchev–Trinajstić information content (AvgIpc) is 2.71. The number of benzene rings is 3. The van der Waals surface area contributed by atoms with E-state index >= 15 is 0 Å². The third-order valence-electron chi connectivity index (χ3n) is 4.14. The van der Waals surface area contributed by atoms with Crippen molar-refractivity contribution in [3.63, 3.8) is 0 Å². The summed E-state index contributed by atoms with van der Waals surface area (Å²) in [6.07, 6.45) is 3.00. The van der Waals surface area contributed by atoms with Gasteiger partial charge in [-0.3, -0.25) is 4.79 Å². The second-order valence-electron chi connectivity index (χ2n) is 6.01. The number of hydrogen-bond acceptors (Lipinski definition) is 2. The first-order valence-corrected chi connectivity index (χ1v) is 8.59. The van der Waals surface area contributed by atoms with Crippen LogP contribution in [0.4, 0.5) is 4.39 Å². The highest BCUT2D eigenvalue weighted by molar-refractivity contribution is 5.92. The van der Waals surface area contributed by atoms with Crippen molar-refractivity contribution in [1.82, 2.24) is 5.32 Å². The Hall–Kier alpha value is -3.40. The van der Waals surface area contributed by atoms with Crippen molar-refractivity contribution >= 4 is 12.0 Å². The third-order valence-corrected chi connectivity index (χ3v) is 4.14. The Labute approximate surface area is 158 Å². The molecule has 27 heavy (non-hydrogen) atoms. The van der Waals surface area contributed by atoms with E-state index in [9.17, 15) is 9.18 Å². The fraction of sp³-hybridized carbons (Fsp3) is 0.0870. The molecule has 1 amide bonds. The maximum absolute atomic E-state index is 13.3. The lowest BCUT2D eigenvalue weighted by Gasteiger charge is -2.19. The molecule has 0 bridgehead atoms. The van der Waals surface area contributed by atoms with Crippen molar-refractivity contribution in [3.05, 3.63) is 107 Å². The molecule has 1 atom stereocenters. The van der Waals surface area contributed by atoms with Crippen LogP contribution in [0.5, 0.6) is 5.75 Å². The number of hydrogen-bond donors (Lipinski definition) is 1. The monoisotopic (exact) mass is 361 g/mol. The number of carbonyl (C=O) groups is 1. The molecule has 1 N–H and O–H groups in total. The summed E-state index contributed by atoms with van der Waals surface area (Å²) in [4.78, 5) is 12.5. The number of amides is 1. The van der Waals surface area contributed by atoms with Gasteiger partial charge in [0.15, 0.2) is 0 Å². The number of methoxy groups -OCH3 is 1. The zero-order chi connectivity index (χ0) is 19.1. The summed E-state index contributed by atoms with van der Waals surface area (Å²) in [5.41, 5.74) is 2.54. The minimum absolute atomic E-state index is 0.260. The fourth-order valence-electron chi connectivity index (χ4n) is 2.77. The molecule has 4 heteroatoms. The summed E-state index contributed by atoms with van der Waals surface area (Å²) < 4.78 is 18.5. The molecule has 0 aromatic heterocycles. The molecule has 0 saturated heterocycles.